The predicted octanol–water partition coefficient (Wildman–Crippen LogP) is 0.793. The van der Waals surface area contributed by atoms with Crippen LogP contribution < -0.4 is 4.90 Å². The maximum absolute atomic E-state index is 12.9. The van der Waals surface area contributed by atoms with Gasteiger partial charge in [0.05, 0.1) is 16.4 Å². The number of sulfone groups is 1. The number of hydrogen-bond acceptors (Lipinski definition) is 5. The van der Waals surface area contributed by atoms with E-state index in [1.807, 2.05) is 0 Å². The molecular formula is C16H22N2O5S2. The van der Waals surface area contributed by atoms with Gasteiger partial charge in [0.2, 0.25) is 15.9 Å². The second kappa shape index (κ2) is 6.37. The lowest BCUT2D eigenvalue weighted by molar-refractivity contribution is -0.116. The van der Waals surface area contributed by atoms with Gasteiger partial charge in [-0.3, -0.25) is 4.79 Å². The van der Waals surface area contributed by atoms with Crippen LogP contribution in [-0.4, -0.2) is 58.2 Å². The standard InChI is InChI=1S/C16H22N2O5S2/c1-12(19)18-8-3-4-13-10-15(5-6-16(13)18)25(22,23)17(2)14-7-9-24(20,21)11-14/h5-6,10,14H,3-4,7-9,11H2,1-2H3. The largest absolute Gasteiger partial charge is 0.312 e. The Kier molecular flexibility index (Phi) is 4.67. The molecule has 0 aliphatic carbocycles. The molecule has 0 bridgehead atoms. The van der Waals surface area contributed by atoms with Crippen molar-refractivity contribution in [1.82, 2.24) is 4.31 Å². The van der Waals surface area contributed by atoms with E-state index >= 15 is 0 Å². The van der Waals surface area contributed by atoms with E-state index in [9.17, 15) is 21.6 Å². The van der Waals surface area contributed by atoms with Crippen molar-refractivity contribution in [3.8, 4) is 0 Å². The molecule has 0 N–H and O–H groups in total. The minimum absolute atomic E-state index is 0.0231. The minimum Gasteiger partial charge on any atom is -0.312 e. The fourth-order valence-corrected chi connectivity index (χ4v) is 6.79. The molecule has 138 valence electrons. The van der Waals surface area contributed by atoms with Crippen LogP contribution in [0.5, 0.6) is 0 Å². The minimum atomic E-state index is -3.78. The molecule has 9 heteroatoms. The first-order chi connectivity index (χ1) is 11.6. The van der Waals surface area contributed by atoms with Gasteiger partial charge >= 0.3 is 0 Å². The van der Waals surface area contributed by atoms with E-state index in [0.29, 0.717) is 19.4 Å². The van der Waals surface area contributed by atoms with Crippen molar-refractivity contribution in [2.45, 2.75) is 37.1 Å². The number of nitrogens with zero attached hydrogens (tertiary/aromatic N) is 2. The molecule has 25 heavy (non-hydrogen) atoms. The van der Waals surface area contributed by atoms with Gasteiger partial charge < -0.3 is 4.90 Å². The van der Waals surface area contributed by atoms with E-state index in [-0.39, 0.29) is 22.3 Å². The third-order valence-electron chi connectivity index (χ3n) is 4.95. The fraction of sp³-hybridized carbons (Fsp3) is 0.562. The highest BCUT2D eigenvalue weighted by Crippen LogP contribution is 2.31. The van der Waals surface area contributed by atoms with Crippen molar-refractivity contribution in [3.05, 3.63) is 23.8 Å². The third-order valence-corrected chi connectivity index (χ3v) is 8.61. The number of sulfonamides is 1. The first kappa shape index (κ1) is 18.3. The molecule has 2 aliphatic rings. The van der Waals surface area contributed by atoms with Gasteiger partial charge in [0, 0.05) is 32.2 Å². The molecule has 1 fully saturated rings. The average molecular weight is 386 g/mol. The number of anilines is 1. The third kappa shape index (κ3) is 3.45. The van der Waals surface area contributed by atoms with Crippen LogP contribution in [0.1, 0.15) is 25.3 Å². The maximum atomic E-state index is 12.9. The molecule has 1 amide bonds. The lowest BCUT2D eigenvalue weighted by atomic mass is 10.0. The highest BCUT2D eigenvalue weighted by Gasteiger charge is 2.36. The van der Waals surface area contributed by atoms with Crippen LogP contribution in [-0.2, 0) is 31.1 Å². The van der Waals surface area contributed by atoms with E-state index in [0.717, 1.165) is 17.7 Å². The zero-order valence-corrected chi connectivity index (χ0v) is 15.9. The van der Waals surface area contributed by atoms with E-state index in [4.69, 9.17) is 0 Å². The number of benzene rings is 1. The second-order valence-electron chi connectivity index (χ2n) is 6.64. The first-order valence-corrected chi connectivity index (χ1v) is 11.5. The SMILES string of the molecule is CC(=O)N1CCCc2cc(S(=O)(=O)N(C)C3CCS(=O)(=O)C3)ccc21. The Labute approximate surface area is 148 Å². The molecule has 2 heterocycles. The summed E-state index contributed by atoms with van der Waals surface area (Å²) in [5.41, 5.74) is 1.58. The van der Waals surface area contributed by atoms with Crippen LogP contribution in [0.15, 0.2) is 23.1 Å². The molecule has 1 saturated heterocycles. The quantitative estimate of drug-likeness (QED) is 0.766. The van der Waals surface area contributed by atoms with Crippen LogP contribution >= 0.6 is 0 Å². The van der Waals surface area contributed by atoms with Crippen molar-refractivity contribution in [1.29, 1.82) is 0 Å². The Balaban J connectivity index is 1.92. The molecular weight excluding hydrogens is 364 g/mol. The second-order valence-corrected chi connectivity index (χ2v) is 10.9. The Morgan fingerprint density at radius 1 is 1.32 bits per heavy atom. The summed E-state index contributed by atoms with van der Waals surface area (Å²) in [6, 6.07) is 4.25. The van der Waals surface area contributed by atoms with Crippen molar-refractivity contribution in [2.75, 3.05) is 30.0 Å². The van der Waals surface area contributed by atoms with Crippen molar-refractivity contribution < 1.29 is 21.6 Å². The van der Waals surface area contributed by atoms with Gasteiger partial charge in [-0.05, 0) is 43.0 Å². The number of carbonyl (C=O) groups is 1. The van der Waals surface area contributed by atoms with Crippen LogP contribution in [0.4, 0.5) is 5.69 Å². The summed E-state index contributed by atoms with van der Waals surface area (Å²) in [6.07, 6.45) is 1.82. The van der Waals surface area contributed by atoms with Crippen LogP contribution in [0.25, 0.3) is 0 Å². The number of carbonyl (C=O) groups excluding carboxylic acids is 1. The Hall–Kier alpha value is -1.45. The number of amides is 1. The summed E-state index contributed by atoms with van der Waals surface area (Å²) in [6.45, 7) is 2.13. The van der Waals surface area contributed by atoms with Crippen molar-refractivity contribution in [2.24, 2.45) is 0 Å². The van der Waals surface area contributed by atoms with Gasteiger partial charge in [0.25, 0.3) is 0 Å². The fourth-order valence-electron chi connectivity index (χ4n) is 3.49. The van der Waals surface area contributed by atoms with Gasteiger partial charge in [0.15, 0.2) is 9.84 Å². The molecule has 7 nitrogen and oxygen atoms in total. The highest BCUT2D eigenvalue weighted by atomic mass is 32.2. The molecule has 2 aliphatic heterocycles. The van der Waals surface area contributed by atoms with Gasteiger partial charge in [-0.15, -0.1) is 0 Å². The Bertz CT molecular complexity index is 908. The summed E-state index contributed by atoms with van der Waals surface area (Å²) in [4.78, 5) is 13.5. The molecule has 0 saturated carbocycles. The normalized spacial score (nSPS) is 22.8. The topological polar surface area (TPSA) is 91.8 Å². The summed E-state index contributed by atoms with van der Waals surface area (Å²) >= 11 is 0. The van der Waals surface area contributed by atoms with E-state index in [1.54, 1.807) is 17.0 Å². The first-order valence-electron chi connectivity index (χ1n) is 8.21. The summed E-state index contributed by atoms with van der Waals surface area (Å²) in [5, 5.41) is 0. The summed E-state index contributed by atoms with van der Waals surface area (Å²) in [5.74, 6) is -0.175. The average Bonchev–Trinajstić information content (AvgIpc) is 2.92. The van der Waals surface area contributed by atoms with Gasteiger partial charge in [-0.1, -0.05) is 0 Å². The van der Waals surface area contributed by atoms with Crippen LogP contribution in [0.3, 0.4) is 0 Å². The molecule has 1 atom stereocenters. The summed E-state index contributed by atoms with van der Waals surface area (Å²) < 4.78 is 50.2. The lowest BCUT2D eigenvalue weighted by Crippen LogP contribution is -2.38. The molecule has 1 aromatic rings. The maximum Gasteiger partial charge on any atom is 0.243 e. The molecule has 0 spiro atoms. The number of rotatable bonds is 3. The Morgan fingerprint density at radius 2 is 2.04 bits per heavy atom. The van der Waals surface area contributed by atoms with E-state index in [1.165, 1.54) is 24.3 Å². The highest BCUT2D eigenvalue weighted by molar-refractivity contribution is 7.92. The number of hydrogen-bond donors (Lipinski definition) is 0. The van der Waals surface area contributed by atoms with Gasteiger partial charge in [0.1, 0.15) is 0 Å². The summed E-state index contributed by atoms with van der Waals surface area (Å²) in [7, 11) is -5.51. The molecule has 1 aromatic carbocycles. The van der Waals surface area contributed by atoms with Crippen molar-refractivity contribution >= 4 is 31.5 Å². The lowest BCUT2D eigenvalue weighted by Gasteiger charge is -2.29. The Morgan fingerprint density at radius 3 is 2.64 bits per heavy atom. The van der Waals surface area contributed by atoms with E-state index < -0.39 is 25.9 Å². The number of aryl methyl sites for hydroxylation is 1. The monoisotopic (exact) mass is 386 g/mol. The molecule has 0 aromatic heterocycles. The van der Waals surface area contributed by atoms with Crippen LogP contribution in [0, 0.1) is 0 Å². The van der Waals surface area contributed by atoms with Crippen LogP contribution in [0.2, 0.25) is 0 Å². The van der Waals surface area contributed by atoms with Gasteiger partial charge in [-0.2, -0.15) is 4.31 Å². The molecule has 0 radical (unpaired) electrons. The molecule has 1 unspecified atom stereocenters. The molecule has 3 rings (SSSR count). The predicted molar refractivity (Wildman–Crippen MR) is 94.8 cm³/mol. The number of fused-ring (bicyclic) bond motifs is 1. The zero-order chi connectivity index (χ0) is 18.4. The smallest absolute Gasteiger partial charge is 0.243 e. The van der Waals surface area contributed by atoms with Gasteiger partial charge in [-0.25, -0.2) is 16.8 Å². The van der Waals surface area contributed by atoms with E-state index in [2.05, 4.69) is 0 Å². The van der Waals surface area contributed by atoms with Crippen molar-refractivity contribution in [3.63, 3.8) is 0 Å². The zero-order valence-electron chi connectivity index (χ0n) is 14.3.